The fourth-order valence-electron chi connectivity index (χ4n) is 4.94. The van der Waals surface area contributed by atoms with Crippen LogP contribution in [-0.4, -0.2) is 23.5 Å². The van der Waals surface area contributed by atoms with Gasteiger partial charge in [-0.1, -0.05) is 30.7 Å². The van der Waals surface area contributed by atoms with E-state index in [1.807, 2.05) is 6.92 Å². The molecule has 0 aliphatic heterocycles. The number of alkyl halides is 3. The Morgan fingerprint density at radius 1 is 1.18 bits per heavy atom. The summed E-state index contributed by atoms with van der Waals surface area (Å²) in [5.74, 6) is 0.268. The van der Waals surface area contributed by atoms with Gasteiger partial charge in [0.2, 0.25) is 0 Å². The summed E-state index contributed by atoms with van der Waals surface area (Å²) in [6.45, 7) is 2.01. The summed E-state index contributed by atoms with van der Waals surface area (Å²) in [4.78, 5) is 14.6. The molecule has 1 aromatic heterocycles. The molecule has 0 radical (unpaired) electrons. The van der Waals surface area contributed by atoms with Gasteiger partial charge in [-0.25, -0.2) is 0 Å². The van der Waals surface area contributed by atoms with E-state index in [4.69, 9.17) is 22.1 Å². The van der Waals surface area contributed by atoms with Crippen molar-refractivity contribution in [2.75, 3.05) is 0 Å². The summed E-state index contributed by atoms with van der Waals surface area (Å²) >= 11 is 6.39. The Balaban J connectivity index is 1.52. The Bertz CT molecular complexity index is 1200. The number of H-pyrrole nitrogens is 1. The monoisotopic (exact) mass is 494 g/mol. The van der Waals surface area contributed by atoms with E-state index in [2.05, 4.69) is 9.72 Å². The van der Waals surface area contributed by atoms with Crippen molar-refractivity contribution in [2.45, 2.75) is 63.0 Å². The number of pyridine rings is 1. The second kappa shape index (κ2) is 9.50. The number of fused-ring (bicyclic) bond motifs is 1. The number of hydrogen-bond acceptors (Lipinski definition) is 4. The van der Waals surface area contributed by atoms with Crippen LogP contribution >= 0.6 is 11.6 Å². The standard InChI is InChI=1S/C25H26ClF3N2O3/c1-2-22(30)24(16-3-5-18(6-4-16)34-25(27,28)29)10-7-17(8-11-24)33-21-13-15-9-12-31-23(32)19(15)14-20(21)26/h3-6,9,12-14,17,22H,2,7-8,10-11,30H2,1H3,(H,31,32). The normalized spacial score (nSPS) is 21.9. The summed E-state index contributed by atoms with van der Waals surface area (Å²) in [6.07, 6.45) is 0.337. The first-order valence-electron chi connectivity index (χ1n) is 11.2. The maximum atomic E-state index is 12.5. The highest BCUT2D eigenvalue weighted by atomic mass is 35.5. The molecule has 0 spiro atoms. The quantitative estimate of drug-likeness (QED) is 0.435. The number of nitrogens with one attached hydrogen (secondary N) is 1. The van der Waals surface area contributed by atoms with Gasteiger partial charge in [-0.15, -0.1) is 13.2 Å². The maximum Gasteiger partial charge on any atom is 0.573 e. The van der Waals surface area contributed by atoms with Crippen LogP contribution in [0.5, 0.6) is 11.5 Å². The zero-order valence-corrected chi connectivity index (χ0v) is 19.4. The molecular formula is C25H26ClF3N2O3. The second-order valence-electron chi connectivity index (χ2n) is 8.74. The first kappa shape index (κ1) is 24.4. The predicted molar refractivity (Wildman–Crippen MR) is 126 cm³/mol. The highest BCUT2D eigenvalue weighted by molar-refractivity contribution is 6.32. The lowest BCUT2D eigenvalue weighted by Crippen LogP contribution is -2.48. The number of rotatable bonds is 6. The molecule has 3 aromatic rings. The molecular weight excluding hydrogens is 469 g/mol. The van der Waals surface area contributed by atoms with Gasteiger partial charge in [-0.2, -0.15) is 0 Å². The first-order valence-corrected chi connectivity index (χ1v) is 11.6. The molecule has 3 N–H and O–H groups in total. The average molecular weight is 495 g/mol. The highest BCUT2D eigenvalue weighted by Gasteiger charge is 2.42. The predicted octanol–water partition coefficient (Wildman–Crippen LogP) is 6.08. The molecule has 1 heterocycles. The van der Waals surface area contributed by atoms with E-state index < -0.39 is 6.36 Å². The lowest BCUT2D eigenvalue weighted by atomic mass is 9.64. The number of aromatic nitrogens is 1. The van der Waals surface area contributed by atoms with Crippen molar-refractivity contribution in [1.82, 2.24) is 4.98 Å². The van der Waals surface area contributed by atoms with Crippen LogP contribution in [0.3, 0.4) is 0 Å². The number of ether oxygens (including phenoxy) is 2. The maximum absolute atomic E-state index is 12.5. The van der Waals surface area contributed by atoms with Crippen LogP contribution in [-0.2, 0) is 5.41 Å². The minimum atomic E-state index is -4.73. The largest absolute Gasteiger partial charge is 0.573 e. The minimum absolute atomic E-state index is 0.0954. The number of benzene rings is 2. The van der Waals surface area contributed by atoms with Gasteiger partial charge in [0.1, 0.15) is 11.5 Å². The van der Waals surface area contributed by atoms with Crippen molar-refractivity contribution in [1.29, 1.82) is 0 Å². The van der Waals surface area contributed by atoms with Gasteiger partial charge in [0.25, 0.3) is 5.56 Å². The molecule has 9 heteroatoms. The van der Waals surface area contributed by atoms with Gasteiger partial charge in [0, 0.05) is 23.0 Å². The van der Waals surface area contributed by atoms with Crippen LogP contribution in [0.1, 0.15) is 44.6 Å². The lowest BCUT2D eigenvalue weighted by molar-refractivity contribution is -0.274. The fourth-order valence-corrected chi connectivity index (χ4v) is 5.14. The van der Waals surface area contributed by atoms with Crippen LogP contribution in [0.2, 0.25) is 5.02 Å². The average Bonchev–Trinajstić information content (AvgIpc) is 2.80. The first-order chi connectivity index (χ1) is 16.1. The van der Waals surface area contributed by atoms with E-state index in [-0.39, 0.29) is 28.9 Å². The van der Waals surface area contributed by atoms with Crippen molar-refractivity contribution in [3.8, 4) is 11.5 Å². The molecule has 0 bridgehead atoms. The van der Waals surface area contributed by atoms with E-state index in [0.29, 0.717) is 29.0 Å². The Morgan fingerprint density at radius 3 is 2.47 bits per heavy atom. The molecule has 1 aliphatic rings. The summed E-state index contributed by atoms with van der Waals surface area (Å²) in [5.41, 5.74) is 6.86. The lowest BCUT2D eigenvalue weighted by Gasteiger charge is -2.44. The summed E-state index contributed by atoms with van der Waals surface area (Å²) < 4.78 is 47.8. The van der Waals surface area contributed by atoms with E-state index in [9.17, 15) is 18.0 Å². The Hall–Kier alpha value is -2.71. The van der Waals surface area contributed by atoms with Gasteiger partial charge in [0.05, 0.1) is 11.1 Å². The summed E-state index contributed by atoms with van der Waals surface area (Å²) in [7, 11) is 0. The molecule has 1 fully saturated rings. The molecule has 1 aliphatic carbocycles. The third-order valence-corrected chi connectivity index (χ3v) is 7.05. The molecule has 1 unspecified atom stereocenters. The smallest absolute Gasteiger partial charge is 0.489 e. The molecule has 1 atom stereocenters. The third kappa shape index (κ3) is 5.03. The SMILES string of the molecule is CCC(N)C1(c2ccc(OC(F)(F)F)cc2)CCC(Oc2cc3cc[nH]c(=O)c3cc2Cl)CC1. The van der Waals surface area contributed by atoms with Crippen molar-refractivity contribution in [3.63, 3.8) is 0 Å². The van der Waals surface area contributed by atoms with Crippen LogP contribution < -0.4 is 20.8 Å². The molecule has 0 amide bonds. The Kier molecular flexibility index (Phi) is 6.82. The van der Waals surface area contributed by atoms with Crippen LogP contribution in [0.4, 0.5) is 13.2 Å². The van der Waals surface area contributed by atoms with Crippen molar-refractivity contribution >= 4 is 22.4 Å². The number of halogens is 4. The number of aromatic amines is 1. The van der Waals surface area contributed by atoms with E-state index >= 15 is 0 Å². The molecule has 34 heavy (non-hydrogen) atoms. The summed E-state index contributed by atoms with van der Waals surface area (Å²) in [6, 6.07) is 11.0. The molecule has 182 valence electrons. The van der Waals surface area contributed by atoms with Gasteiger partial charge in [-0.3, -0.25) is 4.79 Å². The van der Waals surface area contributed by atoms with Crippen molar-refractivity contribution < 1.29 is 22.6 Å². The number of hydrogen-bond donors (Lipinski definition) is 2. The van der Waals surface area contributed by atoms with E-state index in [1.165, 1.54) is 12.1 Å². The van der Waals surface area contributed by atoms with Gasteiger partial charge in [-0.05, 0) is 73.4 Å². The van der Waals surface area contributed by atoms with Crippen molar-refractivity contribution in [3.05, 3.63) is 69.6 Å². The summed E-state index contributed by atoms with van der Waals surface area (Å²) in [5, 5.41) is 1.60. The van der Waals surface area contributed by atoms with E-state index in [0.717, 1.165) is 30.2 Å². The fraction of sp³-hybridized carbons (Fsp3) is 0.400. The molecule has 5 nitrogen and oxygen atoms in total. The second-order valence-corrected chi connectivity index (χ2v) is 9.14. The van der Waals surface area contributed by atoms with Crippen molar-refractivity contribution in [2.24, 2.45) is 5.73 Å². The zero-order chi connectivity index (χ0) is 24.5. The van der Waals surface area contributed by atoms with Gasteiger partial charge < -0.3 is 20.2 Å². The van der Waals surface area contributed by atoms with Gasteiger partial charge >= 0.3 is 6.36 Å². The van der Waals surface area contributed by atoms with Crippen LogP contribution in [0.25, 0.3) is 10.8 Å². The Morgan fingerprint density at radius 2 is 1.85 bits per heavy atom. The zero-order valence-electron chi connectivity index (χ0n) is 18.6. The van der Waals surface area contributed by atoms with E-state index in [1.54, 1.807) is 36.5 Å². The third-order valence-electron chi connectivity index (χ3n) is 6.76. The molecule has 0 saturated heterocycles. The molecule has 2 aromatic carbocycles. The molecule has 4 rings (SSSR count). The minimum Gasteiger partial charge on any atom is -0.489 e. The van der Waals surface area contributed by atoms with Gasteiger partial charge in [0.15, 0.2) is 0 Å². The Labute approximate surface area is 200 Å². The van der Waals surface area contributed by atoms with Crippen LogP contribution in [0, 0.1) is 0 Å². The van der Waals surface area contributed by atoms with Crippen LogP contribution in [0.15, 0.2) is 53.5 Å². The molecule has 1 saturated carbocycles. The topological polar surface area (TPSA) is 77.3 Å². The number of nitrogens with two attached hydrogens (primary N) is 1. The highest BCUT2D eigenvalue weighted by Crippen LogP contribution is 2.44.